The average Bonchev–Trinajstić information content (AvgIpc) is 3.15. The molecule has 146 valence electrons. The van der Waals surface area contributed by atoms with Crippen LogP contribution in [0.3, 0.4) is 0 Å². The van der Waals surface area contributed by atoms with Crippen LogP contribution in [0.4, 0.5) is 11.4 Å². The van der Waals surface area contributed by atoms with E-state index in [9.17, 15) is 4.79 Å². The Bertz CT molecular complexity index is 901. The van der Waals surface area contributed by atoms with Crippen molar-refractivity contribution in [3.8, 4) is 0 Å². The van der Waals surface area contributed by atoms with Crippen molar-refractivity contribution in [2.24, 2.45) is 0 Å². The number of nitrogens with one attached hydrogen (secondary N) is 1. The summed E-state index contributed by atoms with van der Waals surface area (Å²) in [6, 6.07) is 16.2. The van der Waals surface area contributed by atoms with Crippen molar-refractivity contribution in [2.45, 2.75) is 25.7 Å². The van der Waals surface area contributed by atoms with Gasteiger partial charge in [-0.3, -0.25) is 4.79 Å². The van der Waals surface area contributed by atoms with Crippen molar-refractivity contribution < 1.29 is 9.53 Å². The summed E-state index contributed by atoms with van der Waals surface area (Å²) in [5, 5.41) is 4.25. The van der Waals surface area contributed by atoms with Crippen LogP contribution in [0, 0.1) is 0 Å². The van der Waals surface area contributed by atoms with Crippen molar-refractivity contribution in [2.75, 3.05) is 36.5 Å². The second-order valence-electron chi connectivity index (χ2n) is 6.95. The fourth-order valence-electron chi connectivity index (χ4n) is 3.46. The first kappa shape index (κ1) is 18.9. The van der Waals surface area contributed by atoms with Crippen LogP contribution in [0.5, 0.6) is 0 Å². The molecule has 3 aromatic rings. The molecule has 1 fully saturated rings. The zero-order valence-corrected chi connectivity index (χ0v) is 16.7. The lowest BCUT2D eigenvalue weighted by Crippen LogP contribution is -2.36. The molecule has 1 aromatic heterocycles. The van der Waals surface area contributed by atoms with Crippen LogP contribution in [0.1, 0.15) is 24.3 Å². The summed E-state index contributed by atoms with van der Waals surface area (Å²) >= 11 is 1.75. The molecule has 6 heteroatoms. The number of anilines is 2. The molecule has 5 nitrogen and oxygen atoms in total. The molecule has 2 aromatic carbocycles. The zero-order valence-electron chi connectivity index (χ0n) is 15.9. The van der Waals surface area contributed by atoms with Crippen LogP contribution in [0.15, 0.2) is 48.5 Å². The molecule has 0 bridgehead atoms. The lowest BCUT2D eigenvalue weighted by Gasteiger charge is -2.30. The van der Waals surface area contributed by atoms with Gasteiger partial charge in [-0.1, -0.05) is 24.3 Å². The maximum absolute atomic E-state index is 12.4. The van der Waals surface area contributed by atoms with E-state index >= 15 is 0 Å². The molecule has 1 N–H and O–H groups in total. The van der Waals surface area contributed by atoms with Crippen molar-refractivity contribution in [3.63, 3.8) is 0 Å². The highest BCUT2D eigenvalue weighted by atomic mass is 32.1. The minimum atomic E-state index is 0.0741. The number of hydrogen-bond donors (Lipinski definition) is 1. The van der Waals surface area contributed by atoms with Gasteiger partial charge in [0.15, 0.2) is 0 Å². The van der Waals surface area contributed by atoms with Gasteiger partial charge < -0.3 is 15.0 Å². The highest BCUT2D eigenvalue weighted by Crippen LogP contribution is 2.27. The van der Waals surface area contributed by atoms with E-state index in [1.807, 2.05) is 30.3 Å². The normalized spacial score (nSPS) is 14.4. The van der Waals surface area contributed by atoms with Crippen molar-refractivity contribution in [1.82, 2.24) is 4.98 Å². The van der Waals surface area contributed by atoms with Crippen molar-refractivity contribution in [3.05, 3.63) is 53.5 Å². The molecule has 0 saturated carbocycles. The van der Waals surface area contributed by atoms with E-state index < -0.39 is 0 Å². The number of thiazole rings is 1. The standard InChI is InChI=1S/C22H25N3O2S/c26-21(11-5-6-12-22-24-18-8-2-4-10-20(18)28-22)23-17-7-1-3-9-19(17)25-13-15-27-16-14-25/h1-4,7-10H,5-6,11-16H2,(H,23,26). The Morgan fingerprint density at radius 1 is 1.07 bits per heavy atom. The van der Waals surface area contributed by atoms with E-state index in [1.54, 1.807) is 11.3 Å². The minimum absolute atomic E-state index is 0.0741. The predicted molar refractivity (Wildman–Crippen MR) is 115 cm³/mol. The Kier molecular flexibility index (Phi) is 6.19. The van der Waals surface area contributed by atoms with Gasteiger partial charge in [0.05, 0.1) is 39.8 Å². The maximum Gasteiger partial charge on any atom is 0.224 e. The van der Waals surface area contributed by atoms with Gasteiger partial charge >= 0.3 is 0 Å². The molecule has 4 rings (SSSR count). The highest BCUT2D eigenvalue weighted by molar-refractivity contribution is 7.18. The molecule has 1 saturated heterocycles. The summed E-state index contributed by atoms with van der Waals surface area (Å²) in [5.41, 5.74) is 3.04. The van der Waals surface area contributed by atoms with Crippen LogP contribution in [-0.4, -0.2) is 37.2 Å². The van der Waals surface area contributed by atoms with Gasteiger partial charge in [0.2, 0.25) is 5.91 Å². The third kappa shape index (κ3) is 4.69. The number of aromatic nitrogens is 1. The number of fused-ring (bicyclic) bond motifs is 1. The first-order valence-corrected chi connectivity index (χ1v) is 10.7. The van der Waals surface area contributed by atoms with Crippen LogP contribution in [0.2, 0.25) is 0 Å². The molecule has 0 radical (unpaired) electrons. The number of morpholine rings is 1. The van der Waals surface area contributed by atoms with Crippen molar-refractivity contribution >= 4 is 38.8 Å². The number of aryl methyl sites for hydroxylation is 1. The number of amides is 1. The van der Waals surface area contributed by atoms with Gasteiger partial charge in [-0.15, -0.1) is 11.3 Å². The second kappa shape index (κ2) is 9.17. The maximum atomic E-state index is 12.4. The largest absolute Gasteiger partial charge is 0.378 e. The molecular weight excluding hydrogens is 370 g/mol. The van der Waals surface area contributed by atoms with Crippen molar-refractivity contribution in [1.29, 1.82) is 0 Å². The SMILES string of the molecule is O=C(CCCCc1nc2ccccc2s1)Nc1ccccc1N1CCOCC1. The summed E-state index contributed by atoms with van der Waals surface area (Å²) in [6.45, 7) is 3.17. The molecule has 1 aliphatic heterocycles. The lowest BCUT2D eigenvalue weighted by atomic mass is 10.1. The molecule has 28 heavy (non-hydrogen) atoms. The van der Waals surface area contributed by atoms with Gasteiger partial charge in [0, 0.05) is 19.5 Å². The first-order valence-electron chi connectivity index (χ1n) is 9.85. The Morgan fingerprint density at radius 3 is 2.71 bits per heavy atom. The summed E-state index contributed by atoms with van der Waals surface area (Å²) in [4.78, 5) is 19.4. The third-order valence-corrected chi connectivity index (χ3v) is 6.01. The van der Waals surface area contributed by atoms with Gasteiger partial charge in [0.25, 0.3) is 0 Å². The Balaban J connectivity index is 1.26. The number of nitrogens with zero attached hydrogens (tertiary/aromatic N) is 2. The molecule has 1 aliphatic rings. The second-order valence-corrected chi connectivity index (χ2v) is 8.06. The smallest absolute Gasteiger partial charge is 0.224 e. The summed E-state index contributed by atoms with van der Waals surface area (Å²) < 4.78 is 6.66. The molecule has 1 amide bonds. The van der Waals surface area contributed by atoms with Crippen LogP contribution >= 0.6 is 11.3 Å². The quantitative estimate of drug-likeness (QED) is 0.599. The molecule has 0 unspecified atom stereocenters. The summed E-state index contributed by atoms with van der Waals surface area (Å²) in [7, 11) is 0. The number of para-hydroxylation sites is 3. The molecular formula is C22H25N3O2S. The van der Waals surface area contributed by atoms with E-state index in [1.165, 1.54) is 4.70 Å². The fraction of sp³-hybridized carbons (Fsp3) is 0.364. The molecule has 0 aliphatic carbocycles. The summed E-state index contributed by atoms with van der Waals surface area (Å²) in [5.74, 6) is 0.0741. The predicted octanol–water partition coefficient (Wildman–Crippen LogP) is 4.48. The fourth-order valence-corrected chi connectivity index (χ4v) is 4.47. The number of unbranched alkanes of at least 4 members (excludes halogenated alkanes) is 1. The first-order chi connectivity index (χ1) is 13.8. The van der Waals surface area contributed by atoms with E-state index in [4.69, 9.17) is 4.74 Å². The van der Waals surface area contributed by atoms with Gasteiger partial charge in [-0.2, -0.15) is 0 Å². The summed E-state index contributed by atoms with van der Waals surface area (Å²) in [6.07, 6.45) is 3.29. The Labute approximate surface area is 169 Å². The minimum Gasteiger partial charge on any atom is -0.378 e. The number of rotatable bonds is 7. The number of ether oxygens (including phenoxy) is 1. The topological polar surface area (TPSA) is 54.5 Å². The number of carbonyl (C=O) groups excluding carboxylic acids is 1. The number of hydrogen-bond acceptors (Lipinski definition) is 5. The van der Waals surface area contributed by atoms with Gasteiger partial charge in [-0.05, 0) is 43.5 Å². The van der Waals surface area contributed by atoms with E-state index in [-0.39, 0.29) is 5.91 Å². The van der Waals surface area contributed by atoms with E-state index in [0.717, 1.165) is 67.5 Å². The molecule has 0 spiro atoms. The number of benzene rings is 2. The monoisotopic (exact) mass is 395 g/mol. The van der Waals surface area contributed by atoms with E-state index in [2.05, 4.69) is 33.4 Å². The number of carbonyl (C=O) groups is 1. The third-order valence-electron chi connectivity index (χ3n) is 4.91. The van der Waals surface area contributed by atoms with Crippen LogP contribution < -0.4 is 10.2 Å². The van der Waals surface area contributed by atoms with Crippen LogP contribution in [-0.2, 0) is 16.0 Å². The zero-order chi connectivity index (χ0) is 19.2. The van der Waals surface area contributed by atoms with Crippen LogP contribution in [0.25, 0.3) is 10.2 Å². The van der Waals surface area contributed by atoms with Gasteiger partial charge in [0.1, 0.15) is 0 Å². The Morgan fingerprint density at radius 2 is 1.86 bits per heavy atom. The van der Waals surface area contributed by atoms with Gasteiger partial charge in [-0.25, -0.2) is 4.98 Å². The Hall–Kier alpha value is -2.44. The van der Waals surface area contributed by atoms with E-state index in [0.29, 0.717) is 6.42 Å². The average molecular weight is 396 g/mol. The molecule has 2 heterocycles. The molecule has 0 atom stereocenters. The lowest BCUT2D eigenvalue weighted by molar-refractivity contribution is -0.116. The highest BCUT2D eigenvalue weighted by Gasteiger charge is 2.15.